The molecule has 2 aromatic rings. The van der Waals surface area contributed by atoms with Gasteiger partial charge in [0.1, 0.15) is 0 Å². The van der Waals surface area contributed by atoms with Crippen molar-refractivity contribution in [1.82, 2.24) is 0 Å². The van der Waals surface area contributed by atoms with E-state index in [4.69, 9.17) is 5.10 Å². The van der Waals surface area contributed by atoms with E-state index in [-0.39, 0.29) is 0 Å². The Hall–Kier alpha value is -2.09. The van der Waals surface area contributed by atoms with Crippen molar-refractivity contribution in [3.63, 3.8) is 0 Å². The lowest BCUT2D eigenvalue weighted by Gasteiger charge is -2.23. The summed E-state index contributed by atoms with van der Waals surface area (Å²) in [4.78, 5) is 0. The van der Waals surface area contributed by atoms with Gasteiger partial charge in [-0.2, -0.15) is 5.10 Å². The highest BCUT2D eigenvalue weighted by molar-refractivity contribution is 5.88. The zero-order valence-corrected chi connectivity index (χ0v) is 11.2. The maximum absolute atomic E-state index is 4.78. The largest absolute Gasteiger partial charge is 0.258 e. The SMILES string of the molecule is CCC1=NN(c2ccccc2)C(c2ccccc2)C1. The van der Waals surface area contributed by atoms with Crippen molar-refractivity contribution in [2.45, 2.75) is 25.8 Å². The van der Waals surface area contributed by atoms with Gasteiger partial charge >= 0.3 is 0 Å². The maximum atomic E-state index is 4.78. The van der Waals surface area contributed by atoms with E-state index >= 15 is 0 Å². The van der Waals surface area contributed by atoms with E-state index in [9.17, 15) is 0 Å². The Bertz CT molecular complexity index is 560. The number of hydrogen-bond donors (Lipinski definition) is 0. The van der Waals surface area contributed by atoms with Crippen LogP contribution in [-0.2, 0) is 0 Å². The standard InChI is InChI=1S/C17H18N2/c1-2-15-13-17(14-9-5-3-6-10-14)19(18-15)16-11-7-4-8-12-16/h3-12,17H,2,13H2,1H3. The summed E-state index contributed by atoms with van der Waals surface area (Å²) in [5, 5.41) is 6.95. The highest BCUT2D eigenvalue weighted by Gasteiger charge is 2.27. The second-order valence-corrected chi connectivity index (χ2v) is 4.83. The predicted molar refractivity (Wildman–Crippen MR) is 80.4 cm³/mol. The second kappa shape index (κ2) is 5.27. The van der Waals surface area contributed by atoms with Crippen molar-refractivity contribution in [3.05, 3.63) is 66.2 Å². The third-order valence-corrected chi connectivity index (χ3v) is 3.59. The number of nitrogens with zero attached hydrogens (tertiary/aromatic N) is 2. The van der Waals surface area contributed by atoms with Gasteiger partial charge in [-0.25, -0.2) is 0 Å². The Labute approximate surface area is 114 Å². The first-order chi connectivity index (χ1) is 9.38. The molecule has 2 nitrogen and oxygen atoms in total. The summed E-state index contributed by atoms with van der Waals surface area (Å²) in [5.41, 5.74) is 3.77. The van der Waals surface area contributed by atoms with E-state index in [0.717, 1.165) is 12.8 Å². The molecule has 0 spiro atoms. The number of para-hydroxylation sites is 1. The molecule has 1 aliphatic rings. The Morgan fingerprint density at radius 3 is 2.26 bits per heavy atom. The summed E-state index contributed by atoms with van der Waals surface area (Å²) in [6.45, 7) is 2.18. The van der Waals surface area contributed by atoms with Gasteiger partial charge in [0.2, 0.25) is 0 Å². The lowest BCUT2D eigenvalue weighted by atomic mass is 10.0. The molecule has 0 N–H and O–H groups in total. The van der Waals surface area contributed by atoms with E-state index in [1.165, 1.54) is 17.0 Å². The minimum atomic E-state index is 0.332. The highest BCUT2D eigenvalue weighted by Crippen LogP contribution is 2.35. The summed E-state index contributed by atoms with van der Waals surface area (Å²) in [7, 11) is 0. The third-order valence-electron chi connectivity index (χ3n) is 3.59. The van der Waals surface area contributed by atoms with Gasteiger partial charge in [-0.05, 0) is 24.1 Å². The van der Waals surface area contributed by atoms with Crippen molar-refractivity contribution in [2.24, 2.45) is 5.10 Å². The topological polar surface area (TPSA) is 15.6 Å². The van der Waals surface area contributed by atoms with Crippen molar-refractivity contribution in [3.8, 4) is 0 Å². The molecule has 2 heteroatoms. The smallest absolute Gasteiger partial charge is 0.0828 e. The molecule has 0 radical (unpaired) electrons. The molecule has 0 aromatic heterocycles. The minimum Gasteiger partial charge on any atom is -0.258 e. The van der Waals surface area contributed by atoms with Crippen LogP contribution in [0, 0.1) is 0 Å². The summed E-state index contributed by atoms with van der Waals surface area (Å²) in [6.07, 6.45) is 2.04. The van der Waals surface area contributed by atoms with Crippen molar-refractivity contribution >= 4 is 11.4 Å². The van der Waals surface area contributed by atoms with E-state index in [1.807, 2.05) is 6.07 Å². The van der Waals surface area contributed by atoms with Gasteiger partial charge in [0.15, 0.2) is 0 Å². The number of hydrogen-bond acceptors (Lipinski definition) is 2. The predicted octanol–water partition coefficient (Wildman–Crippen LogP) is 4.40. The minimum absolute atomic E-state index is 0.332. The van der Waals surface area contributed by atoms with Crippen molar-refractivity contribution in [1.29, 1.82) is 0 Å². The lowest BCUT2D eigenvalue weighted by molar-refractivity contribution is 0.708. The quantitative estimate of drug-likeness (QED) is 0.788. The molecule has 3 rings (SSSR count). The van der Waals surface area contributed by atoms with Crippen LogP contribution in [0.15, 0.2) is 65.8 Å². The third kappa shape index (κ3) is 2.39. The van der Waals surface area contributed by atoms with Crippen LogP contribution in [0.1, 0.15) is 31.4 Å². The molecule has 0 aliphatic carbocycles. The van der Waals surface area contributed by atoms with Crippen LogP contribution < -0.4 is 5.01 Å². The van der Waals surface area contributed by atoms with Gasteiger partial charge in [-0.1, -0.05) is 55.5 Å². The fourth-order valence-electron chi connectivity index (χ4n) is 2.54. The van der Waals surface area contributed by atoms with Gasteiger partial charge in [0.25, 0.3) is 0 Å². The zero-order valence-electron chi connectivity index (χ0n) is 11.2. The second-order valence-electron chi connectivity index (χ2n) is 4.83. The normalized spacial score (nSPS) is 18.5. The molecule has 1 aliphatic heterocycles. The molecular weight excluding hydrogens is 232 g/mol. The van der Waals surface area contributed by atoms with E-state index in [2.05, 4.69) is 66.5 Å². The average Bonchev–Trinajstić information content (AvgIpc) is 2.93. The van der Waals surface area contributed by atoms with Gasteiger partial charge in [-0.3, -0.25) is 5.01 Å². The Balaban J connectivity index is 1.96. The summed E-state index contributed by atoms with van der Waals surface area (Å²) >= 11 is 0. The monoisotopic (exact) mass is 250 g/mol. The van der Waals surface area contributed by atoms with Crippen LogP contribution in [0.3, 0.4) is 0 Å². The first kappa shape index (κ1) is 12.0. The average molecular weight is 250 g/mol. The van der Waals surface area contributed by atoms with Crippen LogP contribution in [-0.4, -0.2) is 5.71 Å². The van der Waals surface area contributed by atoms with Crippen LogP contribution >= 0.6 is 0 Å². The summed E-state index contributed by atoms with van der Waals surface area (Å²) in [6, 6.07) is 21.4. The fraction of sp³-hybridized carbons (Fsp3) is 0.235. The maximum Gasteiger partial charge on any atom is 0.0828 e. The molecule has 0 amide bonds. The Morgan fingerprint density at radius 2 is 1.63 bits per heavy atom. The lowest BCUT2D eigenvalue weighted by Crippen LogP contribution is -2.18. The van der Waals surface area contributed by atoms with Gasteiger partial charge in [0, 0.05) is 12.1 Å². The number of anilines is 1. The van der Waals surface area contributed by atoms with Crippen LogP contribution in [0.4, 0.5) is 5.69 Å². The first-order valence-electron chi connectivity index (χ1n) is 6.84. The molecule has 1 heterocycles. The molecule has 19 heavy (non-hydrogen) atoms. The molecule has 0 saturated carbocycles. The molecule has 0 bridgehead atoms. The molecule has 1 unspecified atom stereocenters. The van der Waals surface area contributed by atoms with E-state index < -0.39 is 0 Å². The van der Waals surface area contributed by atoms with Crippen molar-refractivity contribution in [2.75, 3.05) is 5.01 Å². The van der Waals surface area contributed by atoms with Crippen LogP contribution in [0.5, 0.6) is 0 Å². The first-order valence-corrected chi connectivity index (χ1v) is 6.84. The van der Waals surface area contributed by atoms with Gasteiger partial charge in [-0.15, -0.1) is 0 Å². The number of hydrazone groups is 1. The molecule has 2 aromatic carbocycles. The molecule has 0 saturated heterocycles. The summed E-state index contributed by atoms with van der Waals surface area (Å²) < 4.78 is 0. The Kier molecular flexibility index (Phi) is 3.32. The van der Waals surface area contributed by atoms with Crippen molar-refractivity contribution < 1.29 is 0 Å². The van der Waals surface area contributed by atoms with Gasteiger partial charge in [0.05, 0.1) is 11.7 Å². The van der Waals surface area contributed by atoms with Gasteiger partial charge < -0.3 is 0 Å². The molecule has 0 fully saturated rings. The highest BCUT2D eigenvalue weighted by atomic mass is 15.5. The zero-order chi connectivity index (χ0) is 13.1. The van der Waals surface area contributed by atoms with E-state index in [1.54, 1.807) is 0 Å². The Morgan fingerprint density at radius 1 is 1.00 bits per heavy atom. The number of benzene rings is 2. The van der Waals surface area contributed by atoms with Crippen LogP contribution in [0.25, 0.3) is 0 Å². The number of rotatable bonds is 3. The molecular formula is C17H18N2. The summed E-state index contributed by atoms with van der Waals surface area (Å²) in [5.74, 6) is 0. The van der Waals surface area contributed by atoms with Crippen LogP contribution in [0.2, 0.25) is 0 Å². The van der Waals surface area contributed by atoms with E-state index in [0.29, 0.717) is 6.04 Å². The molecule has 1 atom stereocenters. The molecule has 96 valence electrons. The fourth-order valence-corrected chi connectivity index (χ4v) is 2.54.